The molecular formula is C25H29FN2O2. The Hall–Kier alpha value is -3.05. The third-order valence-corrected chi connectivity index (χ3v) is 5.77. The van der Waals surface area contributed by atoms with Crippen molar-refractivity contribution < 1.29 is 14.3 Å². The number of Topliss-reactive ketones (excluding diaryl/α,β-unsaturated/α-hetero) is 1. The van der Waals surface area contributed by atoms with Gasteiger partial charge in [0.05, 0.1) is 11.1 Å². The summed E-state index contributed by atoms with van der Waals surface area (Å²) < 4.78 is 13.2. The monoisotopic (exact) mass is 408 g/mol. The van der Waals surface area contributed by atoms with Gasteiger partial charge in [-0.2, -0.15) is 0 Å². The predicted octanol–water partition coefficient (Wildman–Crippen LogP) is 4.63. The average molecular weight is 409 g/mol. The molecule has 5 heteroatoms. The summed E-state index contributed by atoms with van der Waals surface area (Å²) in [4.78, 5) is 17.5. The summed E-state index contributed by atoms with van der Waals surface area (Å²) in [5.41, 5.74) is 11.4. The highest BCUT2D eigenvalue weighted by atomic mass is 19.1. The molecule has 1 aliphatic rings. The molecule has 3 N–H and O–H groups in total. The Morgan fingerprint density at radius 2 is 1.80 bits per heavy atom. The number of allylic oxidation sites excluding steroid dienone is 1. The second-order valence-corrected chi connectivity index (χ2v) is 7.44. The van der Waals surface area contributed by atoms with E-state index in [1.165, 1.54) is 18.3 Å². The summed E-state index contributed by atoms with van der Waals surface area (Å²) in [6, 6.07) is 12.1. The molecule has 0 amide bonds. The Labute approximate surface area is 177 Å². The van der Waals surface area contributed by atoms with E-state index in [9.17, 15) is 9.18 Å². The lowest BCUT2D eigenvalue weighted by molar-refractivity contribution is -0.122. The summed E-state index contributed by atoms with van der Waals surface area (Å²) in [7, 11) is 1.00. The SMILES string of the molecule is C=C(N=C1C[C@](C(C)=O)(c2cccc(C)c2C)C/C1=C/N)c1ccc(F)cc1.CO. The zero-order valence-electron chi connectivity index (χ0n) is 18.0. The predicted molar refractivity (Wildman–Crippen MR) is 121 cm³/mol. The van der Waals surface area contributed by atoms with E-state index in [1.54, 1.807) is 19.1 Å². The van der Waals surface area contributed by atoms with E-state index in [1.807, 2.05) is 32.0 Å². The van der Waals surface area contributed by atoms with Crippen LogP contribution in [0.3, 0.4) is 0 Å². The van der Waals surface area contributed by atoms with Gasteiger partial charge in [0.15, 0.2) is 0 Å². The van der Waals surface area contributed by atoms with Crippen LogP contribution >= 0.6 is 0 Å². The van der Waals surface area contributed by atoms with Crippen LogP contribution in [0.2, 0.25) is 0 Å². The van der Waals surface area contributed by atoms with Crippen molar-refractivity contribution in [3.05, 3.63) is 88.9 Å². The summed E-state index contributed by atoms with van der Waals surface area (Å²) in [6.45, 7) is 9.75. The molecule has 0 radical (unpaired) electrons. The topological polar surface area (TPSA) is 75.7 Å². The standard InChI is InChI=1S/C24H25FN2O.CH4O/c1-15-6-5-7-22(16(15)2)24(18(4)28)12-20(14-26)23(13-24)27-17(3)19-8-10-21(25)11-9-19;1-2/h5-11,14H,3,12-13,26H2,1-2,4H3;2H,1H3/b20-14-,27-23?;/t24-;/m1./s1. The third-order valence-electron chi connectivity index (χ3n) is 5.77. The minimum absolute atomic E-state index is 0.0955. The molecule has 0 heterocycles. The zero-order valence-corrected chi connectivity index (χ0v) is 18.0. The number of hydrogen-bond acceptors (Lipinski definition) is 4. The van der Waals surface area contributed by atoms with Crippen molar-refractivity contribution in [2.45, 2.75) is 39.0 Å². The molecule has 0 bridgehead atoms. The molecule has 0 unspecified atom stereocenters. The highest BCUT2D eigenvalue weighted by molar-refractivity contribution is 6.11. The van der Waals surface area contributed by atoms with E-state index in [0.717, 1.165) is 40.6 Å². The minimum Gasteiger partial charge on any atom is -0.404 e. The summed E-state index contributed by atoms with van der Waals surface area (Å²) in [5, 5.41) is 7.00. The van der Waals surface area contributed by atoms with Gasteiger partial charge in [0.2, 0.25) is 0 Å². The molecule has 1 atom stereocenters. The van der Waals surface area contributed by atoms with E-state index in [-0.39, 0.29) is 11.6 Å². The highest BCUT2D eigenvalue weighted by Crippen LogP contribution is 2.45. The van der Waals surface area contributed by atoms with Crippen LogP contribution < -0.4 is 5.73 Å². The normalized spacial score (nSPS) is 20.7. The second kappa shape index (κ2) is 9.63. The lowest BCUT2D eigenvalue weighted by atomic mass is 9.73. The van der Waals surface area contributed by atoms with E-state index in [0.29, 0.717) is 18.5 Å². The number of carbonyl (C=O) groups excluding carboxylic acids is 1. The molecular weight excluding hydrogens is 379 g/mol. The number of aliphatic hydroxyl groups excluding tert-OH is 1. The molecule has 3 rings (SSSR count). The van der Waals surface area contributed by atoms with Gasteiger partial charge in [0.1, 0.15) is 11.6 Å². The van der Waals surface area contributed by atoms with Crippen molar-refractivity contribution >= 4 is 17.2 Å². The maximum Gasteiger partial charge on any atom is 0.141 e. The van der Waals surface area contributed by atoms with Gasteiger partial charge in [-0.05, 0) is 85.5 Å². The Bertz CT molecular complexity index is 1010. The first-order valence-electron chi connectivity index (χ1n) is 9.74. The molecule has 158 valence electrons. The number of halogens is 1. The lowest BCUT2D eigenvalue weighted by Crippen LogP contribution is -2.32. The number of aliphatic hydroxyl groups is 1. The molecule has 1 aliphatic carbocycles. The maximum absolute atomic E-state index is 13.2. The largest absolute Gasteiger partial charge is 0.404 e. The van der Waals surface area contributed by atoms with Gasteiger partial charge >= 0.3 is 0 Å². The quantitative estimate of drug-likeness (QED) is 0.775. The van der Waals surface area contributed by atoms with Crippen LogP contribution in [0.4, 0.5) is 4.39 Å². The first-order valence-corrected chi connectivity index (χ1v) is 9.74. The summed E-state index contributed by atoms with van der Waals surface area (Å²) in [6.07, 6.45) is 2.52. The third kappa shape index (κ3) is 4.41. The number of benzene rings is 2. The van der Waals surface area contributed by atoms with Gasteiger partial charge in [-0.15, -0.1) is 0 Å². The molecule has 0 aromatic heterocycles. The zero-order chi connectivity index (χ0) is 22.5. The molecule has 1 saturated carbocycles. The van der Waals surface area contributed by atoms with Crippen LogP contribution in [-0.4, -0.2) is 23.7 Å². The summed E-state index contributed by atoms with van der Waals surface area (Å²) >= 11 is 0. The Morgan fingerprint density at radius 1 is 1.17 bits per heavy atom. The summed E-state index contributed by atoms with van der Waals surface area (Å²) in [5.74, 6) is -0.212. The molecule has 2 aromatic rings. The lowest BCUT2D eigenvalue weighted by Gasteiger charge is -2.28. The van der Waals surface area contributed by atoms with E-state index >= 15 is 0 Å². The van der Waals surface area contributed by atoms with E-state index in [2.05, 4.69) is 11.6 Å². The van der Waals surface area contributed by atoms with Gasteiger partial charge in [-0.3, -0.25) is 9.79 Å². The Balaban J connectivity index is 0.00000155. The van der Waals surface area contributed by atoms with Gasteiger partial charge in [-0.25, -0.2) is 4.39 Å². The molecule has 0 saturated heterocycles. The fourth-order valence-electron chi connectivity index (χ4n) is 3.92. The number of hydrogen-bond donors (Lipinski definition) is 2. The molecule has 30 heavy (non-hydrogen) atoms. The van der Waals surface area contributed by atoms with Gasteiger partial charge < -0.3 is 10.8 Å². The van der Waals surface area contributed by atoms with Crippen molar-refractivity contribution in [2.24, 2.45) is 10.7 Å². The molecule has 0 spiro atoms. The van der Waals surface area contributed by atoms with Crippen LogP contribution in [0, 0.1) is 19.7 Å². The minimum atomic E-state index is -0.677. The van der Waals surface area contributed by atoms with Crippen LogP contribution in [0.25, 0.3) is 5.70 Å². The van der Waals surface area contributed by atoms with Crippen molar-refractivity contribution in [1.29, 1.82) is 0 Å². The number of rotatable bonds is 4. The van der Waals surface area contributed by atoms with Gasteiger partial charge in [0, 0.05) is 19.2 Å². The maximum atomic E-state index is 13.2. The van der Waals surface area contributed by atoms with Gasteiger partial charge in [-0.1, -0.05) is 24.8 Å². The van der Waals surface area contributed by atoms with Crippen molar-refractivity contribution in [2.75, 3.05) is 7.11 Å². The van der Waals surface area contributed by atoms with Crippen molar-refractivity contribution in [1.82, 2.24) is 0 Å². The van der Waals surface area contributed by atoms with Crippen molar-refractivity contribution in [3.8, 4) is 0 Å². The number of carbonyl (C=O) groups is 1. The fourth-order valence-corrected chi connectivity index (χ4v) is 3.92. The van der Waals surface area contributed by atoms with Crippen LogP contribution in [0.1, 0.15) is 42.0 Å². The Kier molecular flexibility index (Phi) is 7.46. The molecule has 1 fully saturated rings. The van der Waals surface area contributed by atoms with Gasteiger partial charge in [0.25, 0.3) is 0 Å². The Morgan fingerprint density at radius 3 is 2.37 bits per heavy atom. The van der Waals surface area contributed by atoms with Crippen LogP contribution in [0.15, 0.2) is 65.8 Å². The molecule has 2 aromatic carbocycles. The number of ketones is 1. The van der Waals surface area contributed by atoms with Crippen LogP contribution in [0.5, 0.6) is 0 Å². The fraction of sp³-hybridized carbons (Fsp3) is 0.280. The number of nitrogens with two attached hydrogens (primary N) is 1. The highest BCUT2D eigenvalue weighted by Gasteiger charge is 2.46. The first kappa shape index (κ1) is 23.2. The average Bonchev–Trinajstić information content (AvgIpc) is 3.11. The molecule has 4 nitrogen and oxygen atoms in total. The molecule has 0 aliphatic heterocycles. The number of aliphatic imine (C=N–C) groups is 1. The second-order valence-electron chi connectivity index (χ2n) is 7.44. The van der Waals surface area contributed by atoms with E-state index < -0.39 is 5.41 Å². The first-order chi connectivity index (χ1) is 14.3. The smallest absolute Gasteiger partial charge is 0.141 e. The van der Waals surface area contributed by atoms with E-state index in [4.69, 9.17) is 10.8 Å². The number of nitrogens with zero attached hydrogens (tertiary/aromatic N) is 1. The van der Waals surface area contributed by atoms with Crippen molar-refractivity contribution in [3.63, 3.8) is 0 Å². The van der Waals surface area contributed by atoms with Crippen LogP contribution in [-0.2, 0) is 10.2 Å². The number of aryl methyl sites for hydroxylation is 1.